The molecule has 1 aliphatic rings. The topological polar surface area (TPSA) is 104 Å². The Labute approximate surface area is 186 Å². The first-order valence-corrected chi connectivity index (χ1v) is 12.4. The Kier molecular flexibility index (Phi) is 7.55. The Morgan fingerprint density at radius 1 is 1.23 bits per heavy atom. The minimum absolute atomic E-state index is 0.0435. The summed E-state index contributed by atoms with van der Waals surface area (Å²) in [5.74, 6) is -1.63. The van der Waals surface area contributed by atoms with Gasteiger partial charge in [-0.3, -0.25) is 14.3 Å². The predicted octanol–water partition coefficient (Wildman–Crippen LogP) is 4.18. The highest BCUT2D eigenvalue weighted by Gasteiger charge is 2.56. The molecule has 2 atom stereocenters. The van der Waals surface area contributed by atoms with Gasteiger partial charge in [0.25, 0.3) is 0 Å². The van der Waals surface area contributed by atoms with Crippen LogP contribution in [-0.4, -0.2) is 51.8 Å². The molecule has 0 radical (unpaired) electrons. The van der Waals surface area contributed by atoms with Gasteiger partial charge in [-0.15, -0.1) is 0 Å². The largest absolute Gasteiger partial charge is 0.480 e. The van der Waals surface area contributed by atoms with E-state index in [2.05, 4.69) is 0 Å². The average Bonchev–Trinajstić information content (AvgIpc) is 2.72. The van der Waals surface area contributed by atoms with Gasteiger partial charge in [-0.1, -0.05) is 36.2 Å². The number of hydrogen-bond acceptors (Lipinski definition) is 4. The number of unbranched alkanes of at least 4 members (excludes halogenated alkanes) is 1. The van der Waals surface area contributed by atoms with E-state index >= 15 is 0 Å². The molecule has 4 N–H and O–H groups in total. The lowest BCUT2D eigenvalue weighted by Crippen LogP contribution is -2.53. The van der Waals surface area contributed by atoms with Crippen LogP contribution in [0.15, 0.2) is 42.5 Å². The van der Waals surface area contributed by atoms with E-state index < -0.39 is 18.5 Å². The lowest BCUT2D eigenvalue weighted by Gasteiger charge is -2.43. The number of hydrogen-bond donors (Lipinski definition) is 3. The predicted molar refractivity (Wildman–Crippen MR) is 120 cm³/mol. The highest BCUT2D eigenvalue weighted by molar-refractivity contribution is 7.61. The van der Waals surface area contributed by atoms with Crippen molar-refractivity contribution < 1.29 is 23.7 Å². The fourth-order valence-corrected chi connectivity index (χ4v) is 6.49. The van der Waals surface area contributed by atoms with E-state index in [0.29, 0.717) is 36.5 Å². The Bertz CT molecular complexity index is 988. The maximum Gasteiger partial charge on any atom is 0.320 e. The van der Waals surface area contributed by atoms with Gasteiger partial charge in [0.2, 0.25) is 7.37 Å². The SMILES string of the molecule is NCCCCC1(C(=O)O)CN(Cc2ccc(F)cc2-c2ccc(Cl)cc2)CCP1(=O)O. The van der Waals surface area contributed by atoms with Crippen LogP contribution in [0.4, 0.5) is 4.39 Å². The zero-order chi connectivity index (χ0) is 22.6. The molecule has 0 saturated carbocycles. The van der Waals surface area contributed by atoms with Crippen LogP contribution in [0.3, 0.4) is 0 Å². The third-order valence-electron chi connectivity index (χ3n) is 5.94. The van der Waals surface area contributed by atoms with Crippen molar-refractivity contribution in [2.75, 3.05) is 25.8 Å². The Morgan fingerprint density at radius 2 is 1.94 bits per heavy atom. The zero-order valence-electron chi connectivity index (χ0n) is 17.1. The van der Waals surface area contributed by atoms with Crippen LogP contribution in [0, 0.1) is 5.82 Å². The lowest BCUT2D eigenvalue weighted by atomic mass is 9.97. The van der Waals surface area contributed by atoms with Crippen molar-refractivity contribution in [1.82, 2.24) is 4.90 Å². The van der Waals surface area contributed by atoms with Crippen LogP contribution in [0.25, 0.3) is 11.1 Å². The summed E-state index contributed by atoms with van der Waals surface area (Å²) in [6, 6.07) is 11.5. The summed E-state index contributed by atoms with van der Waals surface area (Å²) in [4.78, 5) is 24.7. The van der Waals surface area contributed by atoms with E-state index in [1.807, 2.05) is 4.90 Å². The summed E-state index contributed by atoms with van der Waals surface area (Å²) >= 11 is 5.97. The summed E-state index contributed by atoms with van der Waals surface area (Å²) < 4.78 is 26.9. The number of halogens is 2. The maximum absolute atomic E-state index is 14.0. The third kappa shape index (κ3) is 5.18. The number of carbonyl (C=O) groups is 1. The summed E-state index contributed by atoms with van der Waals surface area (Å²) in [5.41, 5.74) is 7.80. The van der Waals surface area contributed by atoms with Crippen LogP contribution in [0.2, 0.25) is 5.02 Å². The van der Waals surface area contributed by atoms with Crippen LogP contribution in [0.1, 0.15) is 24.8 Å². The molecule has 2 aromatic carbocycles. The molecule has 2 aromatic rings. The van der Waals surface area contributed by atoms with E-state index in [1.165, 1.54) is 12.1 Å². The molecule has 0 aliphatic carbocycles. The maximum atomic E-state index is 14.0. The monoisotopic (exact) mass is 468 g/mol. The molecule has 3 rings (SSSR count). The fraction of sp³-hybridized carbons (Fsp3) is 0.409. The second-order valence-corrected chi connectivity index (χ2v) is 11.2. The molecule has 168 valence electrons. The Morgan fingerprint density at radius 3 is 2.58 bits per heavy atom. The van der Waals surface area contributed by atoms with Gasteiger partial charge < -0.3 is 15.7 Å². The van der Waals surface area contributed by atoms with E-state index in [0.717, 1.165) is 11.1 Å². The molecule has 1 aliphatic heterocycles. The number of carboxylic acid groups (broad SMARTS) is 1. The highest BCUT2D eigenvalue weighted by Crippen LogP contribution is 2.59. The smallest absolute Gasteiger partial charge is 0.320 e. The van der Waals surface area contributed by atoms with Crippen LogP contribution >= 0.6 is 19.0 Å². The Balaban J connectivity index is 1.90. The number of nitrogens with zero attached hydrogens (tertiary/aromatic N) is 1. The van der Waals surface area contributed by atoms with Gasteiger partial charge in [0.15, 0.2) is 5.16 Å². The van der Waals surface area contributed by atoms with Crippen molar-refractivity contribution in [3.8, 4) is 11.1 Å². The van der Waals surface area contributed by atoms with Gasteiger partial charge >= 0.3 is 5.97 Å². The first-order chi connectivity index (χ1) is 14.7. The van der Waals surface area contributed by atoms with Crippen LogP contribution in [0.5, 0.6) is 0 Å². The molecular formula is C22H27ClFN2O4P. The number of carboxylic acids is 1. The van der Waals surface area contributed by atoms with E-state index in [9.17, 15) is 23.7 Å². The van der Waals surface area contributed by atoms with Gasteiger partial charge in [0.1, 0.15) is 5.82 Å². The summed E-state index contributed by atoms with van der Waals surface area (Å²) in [6.45, 7) is 0.981. The van der Waals surface area contributed by atoms with Gasteiger partial charge in [-0.2, -0.15) is 0 Å². The zero-order valence-corrected chi connectivity index (χ0v) is 18.8. The summed E-state index contributed by atoms with van der Waals surface area (Å²) in [7, 11) is -3.91. The second kappa shape index (κ2) is 9.80. The molecule has 1 fully saturated rings. The van der Waals surface area contributed by atoms with Crippen molar-refractivity contribution in [3.63, 3.8) is 0 Å². The van der Waals surface area contributed by atoms with Crippen molar-refractivity contribution in [3.05, 3.63) is 58.9 Å². The van der Waals surface area contributed by atoms with E-state index in [-0.39, 0.29) is 31.5 Å². The molecule has 1 saturated heterocycles. The number of nitrogens with two attached hydrogens (primary N) is 1. The molecule has 6 nitrogen and oxygen atoms in total. The molecule has 0 amide bonds. The van der Waals surface area contributed by atoms with Crippen LogP contribution in [-0.2, 0) is 15.9 Å². The second-order valence-electron chi connectivity index (χ2n) is 8.03. The molecule has 0 spiro atoms. The number of rotatable bonds is 8. The molecule has 0 bridgehead atoms. The van der Waals surface area contributed by atoms with Crippen molar-refractivity contribution in [2.24, 2.45) is 5.73 Å². The molecule has 9 heteroatoms. The Hall–Kier alpha value is -1.76. The molecule has 31 heavy (non-hydrogen) atoms. The van der Waals surface area contributed by atoms with Gasteiger partial charge in [0.05, 0.1) is 0 Å². The fourth-order valence-electron chi connectivity index (χ4n) is 4.15. The molecular weight excluding hydrogens is 442 g/mol. The first kappa shape index (κ1) is 23.9. The van der Waals surface area contributed by atoms with Gasteiger partial charge in [0, 0.05) is 30.8 Å². The van der Waals surface area contributed by atoms with E-state index in [4.69, 9.17) is 17.3 Å². The summed E-state index contributed by atoms with van der Waals surface area (Å²) in [6.07, 6.45) is 1.05. The van der Waals surface area contributed by atoms with Gasteiger partial charge in [-0.25, -0.2) is 4.39 Å². The average molecular weight is 469 g/mol. The minimum Gasteiger partial charge on any atom is -0.480 e. The third-order valence-corrected chi connectivity index (χ3v) is 8.89. The summed E-state index contributed by atoms with van der Waals surface area (Å²) in [5, 5.41) is 8.80. The quantitative estimate of drug-likeness (QED) is 0.396. The number of aliphatic carboxylic acids is 1. The normalized spacial score (nSPS) is 24.3. The van der Waals surface area contributed by atoms with Crippen LogP contribution < -0.4 is 5.73 Å². The highest BCUT2D eigenvalue weighted by atomic mass is 35.5. The van der Waals surface area contributed by atoms with Crippen molar-refractivity contribution in [1.29, 1.82) is 0 Å². The lowest BCUT2D eigenvalue weighted by molar-refractivity contribution is -0.141. The first-order valence-electron chi connectivity index (χ1n) is 10.2. The molecule has 1 heterocycles. The van der Waals surface area contributed by atoms with E-state index in [1.54, 1.807) is 30.3 Å². The van der Waals surface area contributed by atoms with Gasteiger partial charge in [-0.05, 0) is 60.3 Å². The number of benzene rings is 2. The van der Waals surface area contributed by atoms with Crippen molar-refractivity contribution in [2.45, 2.75) is 31.0 Å². The standard InChI is InChI=1S/C22H27ClFN2O4P/c23-18-6-3-16(4-7-18)20-13-19(24)8-5-17(20)14-26-11-12-31(29,30)22(15-26,21(27)28)9-1-2-10-25/h3-8,13H,1-2,9-12,14-15,25H2,(H,27,28)(H,29,30). The van der Waals surface area contributed by atoms with Crippen molar-refractivity contribution >= 4 is 24.9 Å². The molecule has 0 aromatic heterocycles. The molecule has 2 unspecified atom stereocenters. The minimum atomic E-state index is -3.91.